The maximum atomic E-state index is 12.7. The highest BCUT2D eigenvalue weighted by Crippen LogP contribution is 2.44. The minimum Gasteiger partial charge on any atom is -0.493 e. The van der Waals surface area contributed by atoms with E-state index in [4.69, 9.17) is 18.9 Å². The maximum absolute atomic E-state index is 12.7. The van der Waals surface area contributed by atoms with Crippen LogP contribution in [0.5, 0.6) is 11.5 Å². The van der Waals surface area contributed by atoms with Gasteiger partial charge in [-0.15, -0.1) is 0 Å². The Morgan fingerprint density at radius 2 is 1.97 bits per heavy atom. The maximum Gasteiger partial charge on any atom is 0.161 e. The molecule has 0 aromatic heterocycles. The van der Waals surface area contributed by atoms with Gasteiger partial charge in [-0.25, -0.2) is 0 Å². The number of alkyl halides is 1. The van der Waals surface area contributed by atoms with E-state index in [0.29, 0.717) is 18.4 Å². The van der Waals surface area contributed by atoms with E-state index in [1.54, 1.807) is 14.2 Å². The molecule has 3 heterocycles. The Labute approximate surface area is 179 Å². The smallest absolute Gasteiger partial charge is 0.161 e. The average molecular weight is 422 g/mol. The summed E-state index contributed by atoms with van der Waals surface area (Å²) in [5, 5.41) is 0. The molecule has 2 saturated heterocycles. The first-order valence-electron chi connectivity index (χ1n) is 11.5. The van der Waals surface area contributed by atoms with Crippen molar-refractivity contribution in [3.63, 3.8) is 0 Å². The number of rotatable bonds is 8. The van der Waals surface area contributed by atoms with Crippen molar-refractivity contribution < 1.29 is 23.3 Å². The second kappa shape index (κ2) is 10.3. The van der Waals surface area contributed by atoms with Gasteiger partial charge in [0.2, 0.25) is 0 Å². The topological polar surface area (TPSA) is 40.2 Å². The molecule has 1 unspecified atom stereocenters. The summed E-state index contributed by atoms with van der Waals surface area (Å²) in [6.45, 7) is 2.60. The highest BCUT2D eigenvalue weighted by Gasteiger charge is 2.40. The van der Waals surface area contributed by atoms with Crippen molar-refractivity contribution in [2.45, 2.75) is 69.8 Å². The molecule has 1 aromatic rings. The van der Waals surface area contributed by atoms with Gasteiger partial charge in [0.1, 0.15) is 0 Å². The van der Waals surface area contributed by atoms with Crippen molar-refractivity contribution in [2.75, 3.05) is 40.6 Å². The molecule has 0 saturated carbocycles. The van der Waals surface area contributed by atoms with Gasteiger partial charge < -0.3 is 18.9 Å². The van der Waals surface area contributed by atoms with Gasteiger partial charge in [-0.05, 0) is 74.1 Å². The van der Waals surface area contributed by atoms with Crippen molar-refractivity contribution in [3.8, 4) is 11.5 Å². The number of fused-ring (bicyclic) bond motifs is 3. The summed E-state index contributed by atoms with van der Waals surface area (Å²) in [5.74, 6) is 2.02. The van der Waals surface area contributed by atoms with Crippen LogP contribution in [0, 0.1) is 5.92 Å². The second-order valence-electron chi connectivity index (χ2n) is 8.82. The molecule has 0 spiro atoms. The zero-order chi connectivity index (χ0) is 20.9. The number of hydrogen-bond donors (Lipinski definition) is 0. The van der Waals surface area contributed by atoms with E-state index < -0.39 is 0 Å². The Morgan fingerprint density at radius 1 is 1.13 bits per heavy atom. The monoisotopic (exact) mass is 421 g/mol. The molecule has 4 atom stereocenters. The summed E-state index contributed by atoms with van der Waals surface area (Å²) in [6, 6.07) is 4.61. The molecule has 3 aliphatic rings. The minimum atomic E-state index is -0.231. The van der Waals surface area contributed by atoms with E-state index in [-0.39, 0.29) is 19.1 Å². The van der Waals surface area contributed by atoms with Crippen molar-refractivity contribution >= 4 is 0 Å². The summed E-state index contributed by atoms with van der Waals surface area (Å²) in [4.78, 5) is 2.59. The fraction of sp³-hybridized carbons (Fsp3) is 0.750. The van der Waals surface area contributed by atoms with Gasteiger partial charge in [0.15, 0.2) is 17.8 Å². The average Bonchev–Trinajstić information content (AvgIpc) is 2.79. The van der Waals surface area contributed by atoms with Crippen LogP contribution in [-0.2, 0) is 15.9 Å². The molecule has 2 fully saturated rings. The Kier molecular flexibility index (Phi) is 7.50. The van der Waals surface area contributed by atoms with Gasteiger partial charge in [0.25, 0.3) is 0 Å². The van der Waals surface area contributed by atoms with Crippen LogP contribution in [0.1, 0.15) is 62.1 Å². The first kappa shape index (κ1) is 21.8. The number of benzene rings is 1. The third-order valence-electron chi connectivity index (χ3n) is 6.99. The van der Waals surface area contributed by atoms with Gasteiger partial charge in [0, 0.05) is 25.7 Å². The van der Waals surface area contributed by atoms with Crippen LogP contribution in [0.3, 0.4) is 0 Å². The van der Waals surface area contributed by atoms with Crippen molar-refractivity contribution in [2.24, 2.45) is 5.92 Å². The molecule has 0 aliphatic carbocycles. The Morgan fingerprint density at radius 3 is 2.70 bits per heavy atom. The predicted molar refractivity (Wildman–Crippen MR) is 114 cm³/mol. The van der Waals surface area contributed by atoms with Gasteiger partial charge in [-0.2, -0.15) is 0 Å². The molecular formula is C24H36FNO4. The van der Waals surface area contributed by atoms with Crippen molar-refractivity contribution in [1.29, 1.82) is 0 Å². The van der Waals surface area contributed by atoms with Gasteiger partial charge in [-0.1, -0.05) is 6.42 Å². The lowest BCUT2D eigenvalue weighted by Gasteiger charge is -2.48. The summed E-state index contributed by atoms with van der Waals surface area (Å²) >= 11 is 0. The third-order valence-corrected chi connectivity index (χ3v) is 6.99. The summed E-state index contributed by atoms with van der Waals surface area (Å²) in [6.07, 6.45) is 7.87. The Hall–Kier alpha value is -1.37. The Bertz CT molecular complexity index is 694. The molecule has 30 heavy (non-hydrogen) atoms. The van der Waals surface area contributed by atoms with Crippen molar-refractivity contribution in [3.05, 3.63) is 23.3 Å². The van der Waals surface area contributed by atoms with Crippen LogP contribution in [0.2, 0.25) is 0 Å². The lowest BCUT2D eigenvalue weighted by molar-refractivity contribution is -0.212. The molecule has 6 heteroatoms. The molecule has 0 bridgehead atoms. The lowest BCUT2D eigenvalue weighted by atomic mass is 9.80. The molecular weight excluding hydrogens is 385 g/mol. The highest BCUT2D eigenvalue weighted by molar-refractivity contribution is 5.49. The van der Waals surface area contributed by atoms with E-state index in [9.17, 15) is 4.39 Å². The van der Waals surface area contributed by atoms with E-state index in [2.05, 4.69) is 17.0 Å². The zero-order valence-electron chi connectivity index (χ0n) is 18.4. The number of unbranched alkanes of at least 4 members (excludes halogenated alkanes) is 1. The quantitative estimate of drug-likeness (QED) is 0.570. The number of ether oxygens (including phenoxy) is 4. The molecule has 0 radical (unpaired) electrons. The molecule has 0 amide bonds. The number of piperidine rings is 1. The SMILES string of the molecule is COc1cc2c(cc1OC)[C@H]1C[C@@H](OC3CCCCO3)[C@H](CCCCF)CN1CC2. The van der Waals surface area contributed by atoms with E-state index in [1.807, 2.05) is 0 Å². The van der Waals surface area contributed by atoms with Crippen LogP contribution in [0.15, 0.2) is 12.1 Å². The van der Waals surface area contributed by atoms with Crippen molar-refractivity contribution in [1.82, 2.24) is 4.90 Å². The summed E-state index contributed by atoms with van der Waals surface area (Å²) < 4.78 is 36.2. The molecule has 0 N–H and O–H groups in total. The lowest BCUT2D eigenvalue weighted by Crippen LogP contribution is -2.49. The first-order chi connectivity index (χ1) is 14.7. The third kappa shape index (κ3) is 4.76. The summed E-state index contributed by atoms with van der Waals surface area (Å²) in [5.41, 5.74) is 2.68. The Balaban J connectivity index is 1.55. The molecule has 168 valence electrons. The van der Waals surface area contributed by atoms with Gasteiger partial charge >= 0.3 is 0 Å². The van der Waals surface area contributed by atoms with E-state index in [0.717, 1.165) is 69.7 Å². The van der Waals surface area contributed by atoms with Crippen LogP contribution in [0.4, 0.5) is 4.39 Å². The fourth-order valence-electron chi connectivity index (χ4n) is 5.36. The van der Waals surface area contributed by atoms with Crippen LogP contribution >= 0.6 is 0 Å². The normalized spacial score (nSPS) is 29.2. The van der Waals surface area contributed by atoms with Gasteiger partial charge in [-0.3, -0.25) is 9.29 Å². The molecule has 3 aliphatic heterocycles. The second-order valence-corrected chi connectivity index (χ2v) is 8.82. The van der Waals surface area contributed by atoms with E-state index in [1.165, 1.54) is 17.5 Å². The number of halogens is 1. The molecule has 1 aromatic carbocycles. The number of hydrogen-bond acceptors (Lipinski definition) is 5. The zero-order valence-corrected chi connectivity index (χ0v) is 18.4. The minimum absolute atomic E-state index is 0.0903. The number of nitrogens with zero attached hydrogens (tertiary/aromatic N) is 1. The molecule has 5 nitrogen and oxygen atoms in total. The van der Waals surface area contributed by atoms with Crippen LogP contribution in [-0.4, -0.2) is 57.9 Å². The fourth-order valence-corrected chi connectivity index (χ4v) is 5.36. The highest BCUT2D eigenvalue weighted by atomic mass is 19.1. The number of methoxy groups -OCH3 is 2. The summed E-state index contributed by atoms with van der Waals surface area (Å²) in [7, 11) is 3.38. The van der Waals surface area contributed by atoms with Gasteiger partial charge in [0.05, 0.1) is 27.0 Å². The predicted octanol–water partition coefficient (Wildman–Crippen LogP) is 4.67. The largest absolute Gasteiger partial charge is 0.493 e. The van der Waals surface area contributed by atoms with E-state index >= 15 is 0 Å². The van der Waals surface area contributed by atoms with Crippen LogP contribution in [0.25, 0.3) is 0 Å². The first-order valence-corrected chi connectivity index (χ1v) is 11.5. The molecule has 4 rings (SSSR count). The standard InChI is InChI=1S/C24H36FNO4/c1-27-22-13-17-9-11-26-16-18(7-3-5-10-25)21(30-24-8-4-6-12-29-24)15-20(26)19(17)14-23(22)28-2/h13-14,18,20-21,24H,3-12,15-16H2,1-2H3/t18-,20-,21-,24?/m1/s1. The van der Waals surface area contributed by atoms with Crippen LogP contribution < -0.4 is 9.47 Å².